The maximum atomic E-state index is 12.9. The molecule has 10 heteroatoms. The molecule has 8 nitrogen and oxygen atoms in total. The van der Waals surface area contributed by atoms with Crippen molar-refractivity contribution in [2.45, 2.75) is 39.2 Å². The fourth-order valence-corrected chi connectivity index (χ4v) is 5.13. The first-order chi connectivity index (χ1) is 17.2. The van der Waals surface area contributed by atoms with Crippen molar-refractivity contribution in [2.75, 3.05) is 49.1 Å². The third kappa shape index (κ3) is 7.56. The summed E-state index contributed by atoms with van der Waals surface area (Å²) in [5.41, 5.74) is 5.87. The van der Waals surface area contributed by atoms with Crippen LogP contribution in [0.5, 0.6) is 0 Å². The average molecular weight is 546 g/mol. The molecule has 4 rings (SSSR count). The number of rotatable bonds is 8. The van der Waals surface area contributed by atoms with E-state index in [1.54, 1.807) is 40.7 Å². The normalized spacial score (nSPS) is 14.3. The van der Waals surface area contributed by atoms with Crippen molar-refractivity contribution in [3.05, 3.63) is 54.1 Å². The number of nitrogens with zero attached hydrogens (tertiary/aromatic N) is 4. The molecule has 0 unspecified atom stereocenters. The molecule has 0 saturated carbocycles. The van der Waals surface area contributed by atoms with Gasteiger partial charge in [0.05, 0.1) is 4.70 Å². The van der Waals surface area contributed by atoms with Gasteiger partial charge in [-0.2, -0.15) is 4.37 Å². The Morgan fingerprint density at radius 2 is 1.70 bits per heavy atom. The van der Waals surface area contributed by atoms with Gasteiger partial charge in [0.15, 0.2) is 0 Å². The lowest BCUT2D eigenvalue weighted by Gasteiger charge is -2.35. The number of fused-ring (bicyclic) bond motifs is 1. The van der Waals surface area contributed by atoms with Gasteiger partial charge in [-0.05, 0) is 88.1 Å². The number of ether oxygens (including phenoxy) is 1. The predicted octanol–water partition coefficient (Wildman–Crippen LogP) is 5.16. The molecular formula is C27H36ClN5O3S. The molecule has 2 aromatic carbocycles. The van der Waals surface area contributed by atoms with E-state index >= 15 is 0 Å². The SMILES string of the molecule is CC(C)(C)OC(=O)N(CCCCN1CCN(c2nsc3ccccc23)CC1)c1ccc(C(N)=O)cc1.Cl. The van der Waals surface area contributed by atoms with Crippen LogP contribution in [-0.4, -0.2) is 66.1 Å². The maximum Gasteiger partial charge on any atom is 0.414 e. The molecular weight excluding hydrogens is 510 g/mol. The number of primary amides is 1. The van der Waals surface area contributed by atoms with E-state index in [1.165, 1.54) is 10.1 Å². The summed E-state index contributed by atoms with van der Waals surface area (Å²) < 4.78 is 11.6. The Hall–Kier alpha value is -2.88. The number of carbonyl (C=O) groups excluding carboxylic acids is 2. The van der Waals surface area contributed by atoms with Crippen LogP contribution in [0.3, 0.4) is 0 Å². The number of amides is 2. The Balaban J connectivity index is 0.00000380. The van der Waals surface area contributed by atoms with Crippen LogP contribution in [0.25, 0.3) is 10.1 Å². The van der Waals surface area contributed by atoms with E-state index in [2.05, 4.69) is 34.1 Å². The highest BCUT2D eigenvalue weighted by atomic mass is 35.5. The van der Waals surface area contributed by atoms with Crippen LogP contribution in [0.1, 0.15) is 44.0 Å². The van der Waals surface area contributed by atoms with Gasteiger partial charge in [-0.25, -0.2) is 4.79 Å². The van der Waals surface area contributed by atoms with Crippen molar-refractivity contribution in [3.63, 3.8) is 0 Å². The molecule has 0 bridgehead atoms. The molecule has 0 spiro atoms. The van der Waals surface area contributed by atoms with Gasteiger partial charge < -0.3 is 15.4 Å². The second kappa shape index (κ2) is 12.6. The van der Waals surface area contributed by atoms with E-state index in [1.807, 2.05) is 20.8 Å². The summed E-state index contributed by atoms with van der Waals surface area (Å²) in [6.07, 6.45) is 1.42. The van der Waals surface area contributed by atoms with Gasteiger partial charge in [-0.15, -0.1) is 12.4 Å². The van der Waals surface area contributed by atoms with Gasteiger partial charge in [0.1, 0.15) is 11.4 Å². The van der Waals surface area contributed by atoms with Crippen LogP contribution in [0.15, 0.2) is 48.5 Å². The lowest BCUT2D eigenvalue weighted by Crippen LogP contribution is -2.47. The lowest BCUT2D eigenvalue weighted by atomic mass is 10.1. The Morgan fingerprint density at radius 3 is 2.35 bits per heavy atom. The molecule has 2 N–H and O–H groups in total. The number of halogens is 1. The number of benzene rings is 2. The van der Waals surface area contributed by atoms with Gasteiger partial charge >= 0.3 is 6.09 Å². The smallest absolute Gasteiger partial charge is 0.414 e. The second-order valence-corrected chi connectivity index (χ2v) is 10.9. The molecule has 0 atom stereocenters. The first kappa shape index (κ1) is 28.7. The van der Waals surface area contributed by atoms with Gasteiger partial charge in [-0.3, -0.25) is 14.6 Å². The second-order valence-electron chi connectivity index (χ2n) is 10.1. The molecule has 1 aliphatic heterocycles. The zero-order valence-electron chi connectivity index (χ0n) is 21.7. The van der Waals surface area contributed by atoms with Gasteiger partial charge in [0, 0.05) is 49.4 Å². The standard InChI is InChI=1S/C27H35N5O3S.ClH/c1-27(2,3)35-26(34)32(21-12-10-20(11-13-21)24(28)33)15-7-6-14-30-16-18-31(19-17-30)25-22-8-4-5-9-23(22)36-29-25;/h4-5,8-13H,6-7,14-19H2,1-3H3,(H2,28,33);1H. The minimum Gasteiger partial charge on any atom is -0.443 e. The fourth-order valence-electron chi connectivity index (χ4n) is 4.34. The number of hydrogen-bond donors (Lipinski definition) is 1. The average Bonchev–Trinajstić information content (AvgIpc) is 3.27. The molecule has 200 valence electrons. The fraction of sp³-hybridized carbons (Fsp3) is 0.444. The van der Waals surface area contributed by atoms with Crippen molar-refractivity contribution in [2.24, 2.45) is 5.73 Å². The minimum atomic E-state index is -0.592. The highest BCUT2D eigenvalue weighted by molar-refractivity contribution is 7.13. The largest absolute Gasteiger partial charge is 0.443 e. The predicted molar refractivity (Wildman–Crippen MR) is 153 cm³/mol. The number of piperazine rings is 1. The van der Waals surface area contributed by atoms with E-state index in [0.29, 0.717) is 17.8 Å². The molecule has 0 radical (unpaired) electrons. The number of nitrogens with two attached hydrogens (primary N) is 1. The lowest BCUT2D eigenvalue weighted by molar-refractivity contribution is 0.0579. The summed E-state index contributed by atoms with van der Waals surface area (Å²) in [4.78, 5) is 30.8. The van der Waals surface area contributed by atoms with Crippen molar-refractivity contribution >= 4 is 57.5 Å². The Morgan fingerprint density at radius 1 is 1.03 bits per heavy atom. The molecule has 2 heterocycles. The molecule has 3 aromatic rings. The first-order valence-electron chi connectivity index (χ1n) is 12.4. The molecule has 0 aliphatic carbocycles. The highest BCUT2D eigenvalue weighted by Gasteiger charge is 2.24. The molecule has 1 fully saturated rings. The zero-order chi connectivity index (χ0) is 25.7. The number of carbonyl (C=O) groups is 2. The molecule has 1 aromatic heterocycles. The van der Waals surface area contributed by atoms with Crippen LogP contribution in [0.4, 0.5) is 16.3 Å². The Bertz CT molecular complexity index is 1190. The van der Waals surface area contributed by atoms with E-state index in [-0.39, 0.29) is 12.4 Å². The van der Waals surface area contributed by atoms with Crippen molar-refractivity contribution in [3.8, 4) is 0 Å². The molecule has 2 amide bonds. The number of aromatic nitrogens is 1. The maximum absolute atomic E-state index is 12.9. The van der Waals surface area contributed by atoms with Crippen LogP contribution >= 0.6 is 23.9 Å². The summed E-state index contributed by atoms with van der Waals surface area (Å²) in [5.74, 6) is 0.610. The molecule has 37 heavy (non-hydrogen) atoms. The Kier molecular flexibility index (Phi) is 9.75. The van der Waals surface area contributed by atoms with E-state index in [0.717, 1.165) is 51.4 Å². The number of anilines is 2. The van der Waals surface area contributed by atoms with Gasteiger partial charge in [-0.1, -0.05) is 12.1 Å². The highest BCUT2D eigenvalue weighted by Crippen LogP contribution is 2.30. The van der Waals surface area contributed by atoms with Crippen LogP contribution in [-0.2, 0) is 4.74 Å². The van der Waals surface area contributed by atoms with Gasteiger partial charge in [0.25, 0.3) is 0 Å². The zero-order valence-corrected chi connectivity index (χ0v) is 23.3. The summed E-state index contributed by atoms with van der Waals surface area (Å²) >= 11 is 1.56. The third-order valence-corrected chi connectivity index (χ3v) is 7.03. The van der Waals surface area contributed by atoms with Crippen molar-refractivity contribution < 1.29 is 14.3 Å². The molecule has 1 saturated heterocycles. The van der Waals surface area contributed by atoms with Crippen molar-refractivity contribution in [1.82, 2.24) is 9.27 Å². The number of hydrogen-bond acceptors (Lipinski definition) is 7. The van der Waals surface area contributed by atoms with E-state index < -0.39 is 17.6 Å². The summed E-state index contributed by atoms with van der Waals surface area (Å²) in [5, 5.41) is 1.24. The summed E-state index contributed by atoms with van der Waals surface area (Å²) in [7, 11) is 0. The first-order valence-corrected chi connectivity index (χ1v) is 13.2. The summed E-state index contributed by atoms with van der Waals surface area (Å²) in [6.45, 7) is 11.0. The Labute approximate surface area is 228 Å². The van der Waals surface area contributed by atoms with Gasteiger partial charge in [0.2, 0.25) is 5.91 Å². The van der Waals surface area contributed by atoms with E-state index in [9.17, 15) is 9.59 Å². The molecule has 1 aliphatic rings. The van der Waals surface area contributed by atoms with Crippen LogP contribution < -0.4 is 15.5 Å². The summed E-state index contributed by atoms with van der Waals surface area (Å²) in [6, 6.07) is 15.2. The van der Waals surface area contributed by atoms with Crippen molar-refractivity contribution in [1.29, 1.82) is 0 Å². The topological polar surface area (TPSA) is 92.0 Å². The monoisotopic (exact) mass is 545 g/mol. The van der Waals surface area contributed by atoms with E-state index in [4.69, 9.17) is 14.8 Å². The van der Waals surface area contributed by atoms with Crippen LogP contribution in [0, 0.1) is 0 Å². The van der Waals surface area contributed by atoms with Crippen LogP contribution in [0.2, 0.25) is 0 Å². The third-order valence-electron chi connectivity index (χ3n) is 6.21. The quantitative estimate of drug-likeness (QED) is 0.393. The minimum absolute atomic E-state index is 0. The number of unbranched alkanes of at least 4 members (excludes halogenated alkanes) is 1.